The van der Waals surface area contributed by atoms with Crippen molar-refractivity contribution in [2.24, 2.45) is 5.73 Å². The number of benzene rings is 1. The second-order valence-electron chi connectivity index (χ2n) is 6.75. The fourth-order valence-corrected chi connectivity index (χ4v) is 3.04. The predicted octanol–water partition coefficient (Wildman–Crippen LogP) is 3.17. The number of hydrogen-bond acceptors (Lipinski definition) is 4. The molecule has 0 aliphatic carbocycles. The molecule has 5 nitrogen and oxygen atoms in total. The minimum atomic E-state index is -0.00723. The van der Waals surface area contributed by atoms with E-state index in [2.05, 4.69) is 6.92 Å². The van der Waals surface area contributed by atoms with Gasteiger partial charge in [-0.2, -0.15) is 0 Å². The number of ether oxygens (including phenoxy) is 1. The molecule has 1 aliphatic heterocycles. The van der Waals surface area contributed by atoms with Crippen molar-refractivity contribution in [3.05, 3.63) is 29.8 Å². The van der Waals surface area contributed by atoms with E-state index in [0.29, 0.717) is 18.7 Å². The number of Topliss-reactive ketones (excluding diaryl/α,β-unsaturated/α-hetero) is 1. The number of ketones is 1. The number of unbranched alkanes of at least 4 members (excludes halogenated alkanes) is 2. The Morgan fingerprint density at radius 1 is 1.20 bits per heavy atom. The molecule has 1 aromatic rings. The summed E-state index contributed by atoms with van der Waals surface area (Å²) in [5.41, 5.74) is 6.53. The molecule has 1 unspecified atom stereocenters. The normalized spacial score (nSPS) is 17.4. The third-order valence-electron chi connectivity index (χ3n) is 4.57. The molecule has 1 saturated heterocycles. The van der Waals surface area contributed by atoms with Gasteiger partial charge in [-0.05, 0) is 43.5 Å². The van der Waals surface area contributed by atoms with Crippen LogP contribution in [-0.2, 0) is 4.79 Å². The van der Waals surface area contributed by atoms with Gasteiger partial charge < -0.3 is 15.4 Å². The lowest BCUT2D eigenvalue weighted by atomic mass is 10.0. The Morgan fingerprint density at radius 3 is 2.64 bits per heavy atom. The van der Waals surface area contributed by atoms with Crippen LogP contribution in [-0.4, -0.2) is 42.3 Å². The Bertz CT molecular complexity index is 557. The van der Waals surface area contributed by atoms with Gasteiger partial charge in [-0.15, -0.1) is 0 Å². The summed E-state index contributed by atoms with van der Waals surface area (Å²) in [6.07, 6.45) is 5.77. The van der Waals surface area contributed by atoms with E-state index in [1.54, 1.807) is 17.0 Å². The highest BCUT2D eigenvalue weighted by Gasteiger charge is 2.21. The van der Waals surface area contributed by atoms with Crippen molar-refractivity contribution < 1.29 is 14.3 Å². The maximum absolute atomic E-state index is 12.3. The molecular formula is C20H30N2O3. The van der Waals surface area contributed by atoms with E-state index in [0.717, 1.165) is 38.0 Å². The number of hydrogen-bond donors (Lipinski definition) is 1. The van der Waals surface area contributed by atoms with Gasteiger partial charge in [0, 0.05) is 37.5 Å². The molecular weight excluding hydrogens is 316 g/mol. The molecule has 1 amide bonds. The molecule has 1 aromatic carbocycles. The van der Waals surface area contributed by atoms with Gasteiger partial charge >= 0.3 is 0 Å². The first kappa shape index (κ1) is 19.4. The highest BCUT2D eigenvalue weighted by Crippen LogP contribution is 2.16. The van der Waals surface area contributed by atoms with Crippen LogP contribution in [0.5, 0.6) is 5.75 Å². The molecule has 0 aromatic heterocycles. The Hall–Kier alpha value is -1.88. The molecule has 25 heavy (non-hydrogen) atoms. The zero-order valence-corrected chi connectivity index (χ0v) is 15.2. The van der Waals surface area contributed by atoms with E-state index >= 15 is 0 Å². The lowest BCUT2D eigenvalue weighted by Crippen LogP contribution is -2.45. The van der Waals surface area contributed by atoms with Crippen LogP contribution in [0.4, 0.5) is 0 Å². The number of nitrogens with zero attached hydrogens (tertiary/aromatic N) is 1. The third kappa shape index (κ3) is 6.50. The van der Waals surface area contributed by atoms with Crippen LogP contribution < -0.4 is 10.5 Å². The van der Waals surface area contributed by atoms with Gasteiger partial charge in [0.2, 0.25) is 5.91 Å². The van der Waals surface area contributed by atoms with Crippen molar-refractivity contribution in [3.63, 3.8) is 0 Å². The molecule has 0 bridgehead atoms. The molecule has 2 rings (SSSR count). The van der Waals surface area contributed by atoms with E-state index < -0.39 is 0 Å². The standard InChI is InChI=1S/C20H30N2O3/c1-2-3-4-14-25-18-9-7-16(8-10-18)19(23)11-12-20(24)22-13-5-6-17(21)15-22/h7-10,17H,2-6,11-15,21H2,1H3. The SMILES string of the molecule is CCCCCOc1ccc(C(=O)CCC(=O)N2CCCC(N)C2)cc1. The second kappa shape index (κ2) is 10.2. The van der Waals surface area contributed by atoms with Crippen LogP contribution in [0.1, 0.15) is 62.2 Å². The van der Waals surface area contributed by atoms with Crippen molar-refractivity contribution >= 4 is 11.7 Å². The highest BCUT2D eigenvalue weighted by atomic mass is 16.5. The van der Waals surface area contributed by atoms with Gasteiger partial charge in [-0.3, -0.25) is 9.59 Å². The van der Waals surface area contributed by atoms with E-state index in [1.165, 1.54) is 6.42 Å². The topological polar surface area (TPSA) is 72.6 Å². The number of piperidine rings is 1. The van der Waals surface area contributed by atoms with Gasteiger partial charge in [0.15, 0.2) is 5.78 Å². The van der Waals surface area contributed by atoms with Crippen LogP contribution in [0, 0.1) is 0 Å². The Labute approximate surface area is 150 Å². The molecule has 1 fully saturated rings. The first-order chi connectivity index (χ1) is 12.1. The number of likely N-dealkylation sites (tertiary alicyclic amines) is 1. The summed E-state index contributed by atoms with van der Waals surface area (Å²) in [6.45, 7) is 4.22. The minimum Gasteiger partial charge on any atom is -0.494 e. The van der Waals surface area contributed by atoms with Gasteiger partial charge in [0.1, 0.15) is 5.75 Å². The van der Waals surface area contributed by atoms with Gasteiger partial charge in [0.05, 0.1) is 6.61 Å². The average molecular weight is 346 g/mol. The minimum absolute atomic E-state index is 0.00723. The predicted molar refractivity (Wildman–Crippen MR) is 98.8 cm³/mol. The van der Waals surface area contributed by atoms with E-state index in [-0.39, 0.29) is 30.6 Å². The average Bonchev–Trinajstić information content (AvgIpc) is 2.63. The van der Waals surface area contributed by atoms with Gasteiger partial charge in [-0.1, -0.05) is 19.8 Å². The highest BCUT2D eigenvalue weighted by molar-refractivity contribution is 5.98. The summed E-state index contributed by atoms with van der Waals surface area (Å²) in [4.78, 5) is 26.3. The summed E-state index contributed by atoms with van der Waals surface area (Å²) < 4.78 is 5.65. The number of amides is 1. The number of carbonyl (C=O) groups excluding carboxylic acids is 2. The molecule has 1 aliphatic rings. The van der Waals surface area contributed by atoms with E-state index in [1.807, 2.05) is 12.1 Å². The van der Waals surface area contributed by atoms with Crippen molar-refractivity contribution in [1.82, 2.24) is 4.90 Å². The summed E-state index contributed by atoms with van der Waals surface area (Å²) >= 11 is 0. The van der Waals surface area contributed by atoms with Crippen LogP contribution >= 0.6 is 0 Å². The quantitative estimate of drug-likeness (QED) is 0.551. The molecule has 138 valence electrons. The largest absolute Gasteiger partial charge is 0.494 e. The van der Waals surface area contributed by atoms with Crippen molar-refractivity contribution in [2.45, 2.75) is 57.9 Å². The van der Waals surface area contributed by atoms with Crippen LogP contribution in [0.25, 0.3) is 0 Å². The fraction of sp³-hybridized carbons (Fsp3) is 0.600. The Balaban J connectivity index is 1.75. The second-order valence-corrected chi connectivity index (χ2v) is 6.75. The zero-order valence-electron chi connectivity index (χ0n) is 15.2. The Kier molecular flexibility index (Phi) is 7.92. The van der Waals surface area contributed by atoms with Crippen molar-refractivity contribution in [3.8, 4) is 5.75 Å². The summed E-state index contributed by atoms with van der Waals surface area (Å²) in [5, 5.41) is 0. The molecule has 1 heterocycles. The summed E-state index contributed by atoms with van der Waals surface area (Å²) in [5.74, 6) is 0.803. The van der Waals surface area contributed by atoms with Crippen LogP contribution in [0.2, 0.25) is 0 Å². The zero-order chi connectivity index (χ0) is 18.1. The van der Waals surface area contributed by atoms with Gasteiger partial charge in [0.25, 0.3) is 0 Å². The Morgan fingerprint density at radius 2 is 1.96 bits per heavy atom. The number of nitrogens with two attached hydrogens (primary N) is 1. The monoisotopic (exact) mass is 346 g/mol. The van der Waals surface area contributed by atoms with Gasteiger partial charge in [-0.25, -0.2) is 0 Å². The third-order valence-corrected chi connectivity index (χ3v) is 4.57. The van der Waals surface area contributed by atoms with E-state index in [9.17, 15) is 9.59 Å². The van der Waals surface area contributed by atoms with Crippen molar-refractivity contribution in [2.75, 3.05) is 19.7 Å². The fourth-order valence-electron chi connectivity index (χ4n) is 3.04. The number of carbonyl (C=O) groups is 2. The van der Waals surface area contributed by atoms with E-state index in [4.69, 9.17) is 10.5 Å². The lowest BCUT2D eigenvalue weighted by molar-refractivity contribution is -0.132. The molecule has 0 spiro atoms. The molecule has 0 radical (unpaired) electrons. The molecule has 1 atom stereocenters. The first-order valence-electron chi connectivity index (χ1n) is 9.39. The molecule has 5 heteroatoms. The van der Waals surface area contributed by atoms with Crippen LogP contribution in [0.3, 0.4) is 0 Å². The summed E-state index contributed by atoms with van der Waals surface area (Å²) in [7, 11) is 0. The maximum atomic E-state index is 12.3. The summed E-state index contributed by atoms with van der Waals surface area (Å²) in [6, 6.07) is 7.27. The van der Waals surface area contributed by atoms with Crippen LogP contribution in [0.15, 0.2) is 24.3 Å². The molecule has 2 N–H and O–H groups in total. The first-order valence-corrected chi connectivity index (χ1v) is 9.39. The smallest absolute Gasteiger partial charge is 0.223 e. The van der Waals surface area contributed by atoms with Crippen molar-refractivity contribution in [1.29, 1.82) is 0 Å². The lowest BCUT2D eigenvalue weighted by Gasteiger charge is -2.30. The molecule has 0 saturated carbocycles. The number of rotatable bonds is 9. The maximum Gasteiger partial charge on any atom is 0.223 e.